The van der Waals surface area contributed by atoms with Gasteiger partial charge in [0.25, 0.3) is 5.91 Å². The van der Waals surface area contributed by atoms with Crippen molar-refractivity contribution in [1.82, 2.24) is 9.88 Å². The Labute approximate surface area is 165 Å². The Morgan fingerprint density at radius 1 is 1.30 bits per heavy atom. The largest absolute Gasteiger partial charge is 0.493 e. The SMILES string of the molecule is COc1ccc2c(c1OC)C(=O)N1[C@@H](C(=O)Nc3nc(C)c(C)s3)CS[C@H]21. The second-order valence-corrected chi connectivity index (χ2v) is 8.65. The number of ether oxygens (including phenoxy) is 2. The number of rotatable bonds is 4. The molecule has 1 aromatic carbocycles. The molecule has 142 valence electrons. The number of carbonyl (C=O) groups is 2. The van der Waals surface area contributed by atoms with Gasteiger partial charge in [-0.1, -0.05) is 6.07 Å². The molecule has 2 aliphatic rings. The fraction of sp³-hybridized carbons (Fsp3) is 0.389. The molecule has 2 aliphatic heterocycles. The molecule has 3 heterocycles. The van der Waals surface area contributed by atoms with Crippen molar-refractivity contribution in [2.24, 2.45) is 0 Å². The van der Waals surface area contributed by atoms with Gasteiger partial charge in [0.05, 0.1) is 25.5 Å². The van der Waals surface area contributed by atoms with Gasteiger partial charge in [-0.3, -0.25) is 9.59 Å². The van der Waals surface area contributed by atoms with E-state index < -0.39 is 6.04 Å². The van der Waals surface area contributed by atoms with Crippen molar-refractivity contribution < 1.29 is 19.1 Å². The summed E-state index contributed by atoms with van der Waals surface area (Å²) in [6, 6.07) is 3.11. The average Bonchev–Trinajstić information content (AvgIpc) is 3.30. The van der Waals surface area contributed by atoms with Crippen LogP contribution in [0.4, 0.5) is 5.13 Å². The molecule has 0 spiro atoms. The van der Waals surface area contributed by atoms with Crippen LogP contribution in [0.5, 0.6) is 11.5 Å². The summed E-state index contributed by atoms with van der Waals surface area (Å²) < 4.78 is 10.7. The summed E-state index contributed by atoms with van der Waals surface area (Å²) in [6.45, 7) is 3.87. The highest BCUT2D eigenvalue weighted by molar-refractivity contribution is 7.99. The first kappa shape index (κ1) is 18.1. The monoisotopic (exact) mass is 405 g/mol. The number of thiazole rings is 1. The second-order valence-electron chi connectivity index (χ2n) is 6.33. The van der Waals surface area contributed by atoms with Gasteiger partial charge in [-0.05, 0) is 19.9 Å². The van der Waals surface area contributed by atoms with Gasteiger partial charge in [0.15, 0.2) is 16.6 Å². The minimum atomic E-state index is -0.555. The lowest BCUT2D eigenvalue weighted by atomic mass is 10.1. The number of aromatic nitrogens is 1. The van der Waals surface area contributed by atoms with Gasteiger partial charge in [0, 0.05) is 16.2 Å². The van der Waals surface area contributed by atoms with Crippen LogP contribution in [0.1, 0.15) is 31.9 Å². The van der Waals surface area contributed by atoms with Crippen LogP contribution in [0, 0.1) is 13.8 Å². The van der Waals surface area contributed by atoms with Crippen LogP contribution in [0.3, 0.4) is 0 Å². The number of methoxy groups -OCH3 is 2. The van der Waals surface area contributed by atoms with Crippen molar-refractivity contribution in [2.75, 3.05) is 25.3 Å². The molecular formula is C18H19N3O4S2. The van der Waals surface area contributed by atoms with Crippen LogP contribution in [-0.2, 0) is 4.79 Å². The number of nitrogens with one attached hydrogen (secondary N) is 1. The number of hydrogen-bond acceptors (Lipinski definition) is 7. The maximum absolute atomic E-state index is 13.1. The number of nitrogens with zero attached hydrogens (tertiary/aromatic N) is 2. The van der Waals surface area contributed by atoms with E-state index in [-0.39, 0.29) is 17.2 Å². The first-order chi connectivity index (χ1) is 13.0. The molecule has 4 rings (SSSR count). The third kappa shape index (κ3) is 2.76. The number of anilines is 1. The third-order valence-electron chi connectivity index (χ3n) is 4.85. The minimum absolute atomic E-state index is 0.192. The van der Waals surface area contributed by atoms with E-state index >= 15 is 0 Å². The summed E-state index contributed by atoms with van der Waals surface area (Å²) >= 11 is 3.01. The zero-order valence-corrected chi connectivity index (χ0v) is 17.0. The average molecular weight is 406 g/mol. The Bertz CT molecular complexity index is 923. The fourth-order valence-corrected chi connectivity index (χ4v) is 5.68. The van der Waals surface area contributed by atoms with Gasteiger partial charge in [0.1, 0.15) is 11.4 Å². The maximum Gasteiger partial charge on any atom is 0.260 e. The molecule has 1 saturated heterocycles. The zero-order chi connectivity index (χ0) is 19.3. The Balaban J connectivity index is 1.63. The van der Waals surface area contributed by atoms with Crippen LogP contribution in [0.25, 0.3) is 0 Å². The second kappa shape index (κ2) is 6.72. The van der Waals surface area contributed by atoms with Gasteiger partial charge in [-0.25, -0.2) is 4.98 Å². The fourth-order valence-electron chi connectivity index (χ4n) is 3.41. The molecule has 0 bridgehead atoms. The molecule has 1 aromatic heterocycles. The standard InChI is InChI=1S/C18H19N3O4S2/c1-8-9(2)27-18(19-8)20-15(22)11-7-26-17-10-5-6-12(24-3)14(25-4)13(10)16(23)21(11)17/h5-6,11,17H,7H2,1-4H3,(H,19,20,22)/t11-,17-/m1/s1. The van der Waals surface area contributed by atoms with Gasteiger partial charge in [-0.2, -0.15) is 0 Å². The Morgan fingerprint density at radius 2 is 2.07 bits per heavy atom. The molecule has 1 fully saturated rings. The Kier molecular flexibility index (Phi) is 4.51. The molecule has 0 radical (unpaired) electrons. The van der Waals surface area contributed by atoms with E-state index in [0.717, 1.165) is 16.1 Å². The molecule has 7 nitrogen and oxygen atoms in total. The van der Waals surface area contributed by atoms with Crippen LogP contribution in [-0.4, -0.2) is 47.7 Å². The van der Waals surface area contributed by atoms with Crippen molar-refractivity contribution in [1.29, 1.82) is 0 Å². The lowest BCUT2D eigenvalue weighted by molar-refractivity contribution is -0.119. The predicted molar refractivity (Wildman–Crippen MR) is 105 cm³/mol. The number of thioether (sulfide) groups is 1. The molecule has 2 amide bonds. The van der Waals surface area contributed by atoms with E-state index in [2.05, 4.69) is 10.3 Å². The van der Waals surface area contributed by atoms with Crippen LogP contribution in [0.2, 0.25) is 0 Å². The number of carbonyl (C=O) groups excluding carboxylic acids is 2. The smallest absolute Gasteiger partial charge is 0.260 e. The molecule has 2 atom stereocenters. The summed E-state index contributed by atoms with van der Waals surface area (Å²) in [5.41, 5.74) is 2.24. The van der Waals surface area contributed by atoms with E-state index in [1.165, 1.54) is 25.6 Å². The summed E-state index contributed by atoms with van der Waals surface area (Å²) in [6.07, 6.45) is 0. The lowest BCUT2D eigenvalue weighted by Gasteiger charge is -2.22. The number of fused-ring (bicyclic) bond motifs is 3. The molecule has 0 aliphatic carbocycles. The summed E-state index contributed by atoms with van der Waals surface area (Å²) in [5.74, 6) is 1.04. The lowest BCUT2D eigenvalue weighted by Crippen LogP contribution is -2.42. The van der Waals surface area contributed by atoms with Gasteiger partial charge < -0.3 is 19.7 Å². The van der Waals surface area contributed by atoms with E-state index in [1.54, 1.807) is 22.7 Å². The van der Waals surface area contributed by atoms with Gasteiger partial charge >= 0.3 is 0 Å². The molecule has 0 saturated carbocycles. The first-order valence-electron chi connectivity index (χ1n) is 8.40. The number of amides is 2. The maximum atomic E-state index is 13.1. The molecule has 27 heavy (non-hydrogen) atoms. The van der Waals surface area contributed by atoms with Crippen LogP contribution < -0.4 is 14.8 Å². The highest BCUT2D eigenvalue weighted by Gasteiger charge is 2.50. The topological polar surface area (TPSA) is 80.8 Å². The van der Waals surface area contributed by atoms with Crippen molar-refractivity contribution in [2.45, 2.75) is 25.3 Å². The van der Waals surface area contributed by atoms with Gasteiger partial charge in [0.2, 0.25) is 5.91 Å². The normalized spacial score (nSPS) is 20.4. The highest BCUT2D eigenvalue weighted by Crippen LogP contribution is 2.52. The molecule has 9 heteroatoms. The first-order valence-corrected chi connectivity index (χ1v) is 10.3. The number of benzene rings is 1. The van der Waals surface area contributed by atoms with E-state index in [4.69, 9.17) is 9.47 Å². The van der Waals surface area contributed by atoms with Crippen molar-refractivity contribution >= 4 is 40.0 Å². The molecule has 0 unspecified atom stereocenters. The van der Waals surface area contributed by atoms with Crippen molar-refractivity contribution in [3.8, 4) is 11.5 Å². The molecule has 2 aromatic rings. The van der Waals surface area contributed by atoms with Gasteiger partial charge in [-0.15, -0.1) is 23.1 Å². The van der Waals surface area contributed by atoms with Crippen molar-refractivity contribution in [3.63, 3.8) is 0 Å². The number of hydrogen-bond donors (Lipinski definition) is 1. The molecular weight excluding hydrogens is 386 g/mol. The highest BCUT2D eigenvalue weighted by atomic mass is 32.2. The Morgan fingerprint density at radius 3 is 2.70 bits per heavy atom. The third-order valence-corrected chi connectivity index (χ3v) is 7.15. The predicted octanol–water partition coefficient (Wildman–Crippen LogP) is 2.99. The van der Waals surface area contributed by atoms with Crippen molar-refractivity contribution in [3.05, 3.63) is 33.8 Å². The summed E-state index contributed by atoms with van der Waals surface area (Å²) in [7, 11) is 3.05. The van der Waals surface area contributed by atoms with E-state index in [9.17, 15) is 9.59 Å². The number of aryl methyl sites for hydroxylation is 2. The van der Waals surface area contributed by atoms with E-state index in [1.807, 2.05) is 19.9 Å². The minimum Gasteiger partial charge on any atom is -0.493 e. The summed E-state index contributed by atoms with van der Waals surface area (Å²) in [5, 5.41) is 3.23. The Hall–Kier alpha value is -2.26. The quantitative estimate of drug-likeness (QED) is 0.842. The van der Waals surface area contributed by atoms with Crippen LogP contribution in [0.15, 0.2) is 12.1 Å². The molecule has 1 N–H and O–H groups in total. The van der Waals surface area contributed by atoms with Crippen LogP contribution >= 0.6 is 23.1 Å². The zero-order valence-electron chi connectivity index (χ0n) is 15.4. The van der Waals surface area contributed by atoms with E-state index in [0.29, 0.717) is 27.9 Å². The summed E-state index contributed by atoms with van der Waals surface area (Å²) in [4.78, 5) is 33.0.